The molecule has 0 aliphatic rings. The van der Waals surface area contributed by atoms with Gasteiger partial charge in [0.15, 0.2) is 0 Å². The smallest absolute Gasteiger partial charge is 0.407 e. The average molecular weight is 549 g/mol. The van der Waals surface area contributed by atoms with Gasteiger partial charge in [0.25, 0.3) is 5.91 Å². The van der Waals surface area contributed by atoms with E-state index < -0.39 is 18.0 Å². The van der Waals surface area contributed by atoms with Crippen LogP contribution in [-0.2, 0) is 22.6 Å². The van der Waals surface area contributed by atoms with Crippen molar-refractivity contribution in [1.82, 2.24) is 10.7 Å². The van der Waals surface area contributed by atoms with Crippen LogP contribution in [0.4, 0.5) is 4.79 Å². The molecule has 0 saturated heterocycles. The number of carbonyl (C=O) groups excluding carboxylic acids is 2. The summed E-state index contributed by atoms with van der Waals surface area (Å²) in [6.07, 6.45) is 1.10. The van der Waals surface area contributed by atoms with E-state index in [0.717, 1.165) is 11.1 Å². The number of hydrogen-bond acceptors (Lipinski definition) is 6. The zero-order valence-electron chi connectivity index (χ0n) is 19.6. The summed E-state index contributed by atoms with van der Waals surface area (Å²) < 4.78 is 11.5. The quantitative estimate of drug-likeness (QED) is 0.281. The normalized spacial score (nSPS) is 11.4. The number of carbonyl (C=O) groups is 2. The zero-order valence-corrected chi connectivity index (χ0v) is 21.2. The molecule has 0 fully saturated rings. The van der Waals surface area contributed by atoms with Gasteiger partial charge >= 0.3 is 6.09 Å². The first-order valence-corrected chi connectivity index (χ1v) is 12.0. The van der Waals surface area contributed by atoms with Crippen LogP contribution >= 0.6 is 15.9 Å². The Kier molecular flexibility index (Phi) is 10.0. The van der Waals surface area contributed by atoms with Gasteiger partial charge < -0.3 is 14.8 Å². The number of nitrogens with one attached hydrogen (secondary N) is 2. The standard InChI is InChI=1S/C27H25BrN4O4/c1-2-35-27(34)31-24(15-19-8-4-3-5-9-19)26(33)32-30-17-20-12-13-25(23(28)14-20)36-18-22-11-7-6-10-21(22)16-29/h3-14,17,24H,2,15,18H2,1H3,(H,31,34)(H,32,33)/b30-17-/t24-/m1/s1. The highest BCUT2D eigenvalue weighted by molar-refractivity contribution is 9.10. The van der Waals surface area contributed by atoms with Gasteiger partial charge in [0.1, 0.15) is 18.4 Å². The van der Waals surface area contributed by atoms with Gasteiger partial charge in [0.05, 0.1) is 28.9 Å². The summed E-state index contributed by atoms with van der Waals surface area (Å²) in [5.41, 5.74) is 5.43. The molecule has 2 amide bonds. The molecule has 36 heavy (non-hydrogen) atoms. The minimum Gasteiger partial charge on any atom is -0.488 e. The topological polar surface area (TPSA) is 113 Å². The summed E-state index contributed by atoms with van der Waals surface area (Å²) in [6.45, 7) is 2.14. The minimum absolute atomic E-state index is 0.198. The van der Waals surface area contributed by atoms with E-state index in [4.69, 9.17) is 9.47 Å². The lowest BCUT2D eigenvalue weighted by Crippen LogP contribution is -2.47. The van der Waals surface area contributed by atoms with Gasteiger partial charge in [-0.1, -0.05) is 48.5 Å². The van der Waals surface area contributed by atoms with Crippen LogP contribution in [0.3, 0.4) is 0 Å². The fourth-order valence-electron chi connectivity index (χ4n) is 3.25. The molecule has 3 rings (SSSR count). The third kappa shape index (κ3) is 7.96. The van der Waals surface area contributed by atoms with Gasteiger partial charge in [-0.15, -0.1) is 0 Å². The molecule has 0 heterocycles. The Morgan fingerprint density at radius 2 is 1.86 bits per heavy atom. The van der Waals surface area contributed by atoms with Gasteiger partial charge in [-0.3, -0.25) is 4.79 Å². The van der Waals surface area contributed by atoms with Gasteiger partial charge in [-0.2, -0.15) is 10.4 Å². The summed E-state index contributed by atoms with van der Waals surface area (Å²) >= 11 is 3.48. The van der Waals surface area contributed by atoms with E-state index in [1.165, 1.54) is 6.21 Å². The minimum atomic E-state index is -0.859. The Bertz CT molecular complexity index is 1260. The van der Waals surface area contributed by atoms with Crippen LogP contribution in [0.2, 0.25) is 0 Å². The van der Waals surface area contributed by atoms with Crippen LogP contribution in [0.15, 0.2) is 82.4 Å². The first-order chi connectivity index (χ1) is 17.5. The number of nitriles is 1. The van der Waals surface area contributed by atoms with Crippen molar-refractivity contribution in [3.63, 3.8) is 0 Å². The highest BCUT2D eigenvalue weighted by atomic mass is 79.9. The fraction of sp³-hybridized carbons (Fsp3) is 0.185. The molecule has 0 bridgehead atoms. The van der Waals surface area contributed by atoms with Crippen LogP contribution in [-0.4, -0.2) is 30.9 Å². The summed E-state index contributed by atoms with van der Waals surface area (Å²) in [4.78, 5) is 24.6. The summed E-state index contributed by atoms with van der Waals surface area (Å²) in [6, 6.07) is 23.2. The van der Waals surface area contributed by atoms with Crippen molar-refractivity contribution in [3.05, 3.63) is 99.5 Å². The zero-order chi connectivity index (χ0) is 25.8. The van der Waals surface area contributed by atoms with Gasteiger partial charge in [0, 0.05) is 12.0 Å². The summed E-state index contributed by atoms with van der Waals surface area (Å²) in [7, 11) is 0. The van der Waals surface area contributed by atoms with E-state index in [1.54, 1.807) is 31.2 Å². The molecular formula is C27H25BrN4O4. The van der Waals surface area contributed by atoms with Crippen molar-refractivity contribution in [3.8, 4) is 11.8 Å². The predicted octanol–water partition coefficient (Wildman–Crippen LogP) is 4.71. The summed E-state index contributed by atoms with van der Waals surface area (Å²) in [5.74, 6) is 0.129. The maximum atomic E-state index is 12.7. The molecule has 0 aliphatic carbocycles. The first-order valence-electron chi connectivity index (χ1n) is 11.2. The lowest BCUT2D eigenvalue weighted by Gasteiger charge is -2.16. The van der Waals surface area contributed by atoms with Crippen LogP contribution in [0.1, 0.15) is 29.2 Å². The molecule has 0 saturated carbocycles. The number of rotatable bonds is 10. The molecule has 2 N–H and O–H groups in total. The molecule has 0 radical (unpaired) electrons. The number of alkyl carbamates (subject to hydrolysis) is 1. The van der Waals surface area contributed by atoms with Crippen LogP contribution in [0.5, 0.6) is 5.75 Å². The van der Waals surface area contributed by atoms with Crippen molar-refractivity contribution >= 4 is 34.1 Å². The molecule has 0 aliphatic heterocycles. The first kappa shape index (κ1) is 26.4. The maximum Gasteiger partial charge on any atom is 0.407 e. The SMILES string of the molecule is CCOC(=O)N[C@H](Cc1ccccc1)C(=O)N/N=C\c1ccc(OCc2ccccc2C#N)c(Br)c1. The van der Waals surface area contributed by atoms with Crippen LogP contribution in [0, 0.1) is 11.3 Å². The van der Waals surface area contributed by atoms with E-state index in [1.807, 2.05) is 48.5 Å². The predicted molar refractivity (Wildman–Crippen MR) is 139 cm³/mol. The Labute approximate surface area is 218 Å². The van der Waals surface area contributed by atoms with Crippen molar-refractivity contribution < 1.29 is 19.1 Å². The van der Waals surface area contributed by atoms with Gasteiger partial charge in [-0.25, -0.2) is 10.2 Å². The molecule has 184 valence electrons. The Hall–Kier alpha value is -4.16. The number of benzene rings is 3. The fourth-order valence-corrected chi connectivity index (χ4v) is 3.76. The number of amides is 2. The van der Waals surface area contributed by atoms with E-state index in [2.05, 4.69) is 37.8 Å². The number of hydrazone groups is 1. The van der Waals surface area contributed by atoms with E-state index in [9.17, 15) is 14.9 Å². The number of ether oxygens (including phenoxy) is 2. The second kappa shape index (κ2) is 13.7. The maximum absolute atomic E-state index is 12.7. The highest BCUT2D eigenvalue weighted by Gasteiger charge is 2.21. The van der Waals surface area contributed by atoms with E-state index in [0.29, 0.717) is 21.3 Å². The molecular weight excluding hydrogens is 524 g/mol. The third-order valence-corrected chi connectivity index (χ3v) is 5.65. The molecule has 1 atom stereocenters. The largest absolute Gasteiger partial charge is 0.488 e. The molecule has 8 nitrogen and oxygen atoms in total. The van der Waals surface area contributed by atoms with Crippen molar-refractivity contribution in [1.29, 1.82) is 5.26 Å². The number of halogens is 1. The monoisotopic (exact) mass is 548 g/mol. The number of hydrogen-bond donors (Lipinski definition) is 2. The second-order valence-corrected chi connectivity index (χ2v) is 8.44. The van der Waals surface area contributed by atoms with Crippen molar-refractivity contribution in [2.75, 3.05) is 6.61 Å². The van der Waals surface area contributed by atoms with E-state index >= 15 is 0 Å². The Balaban J connectivity index is 1.61. The Morgan fingerprint density at radius 3 is 2.58 bits per heavy atom. The lowest BCUT2D eigenvalue weighted by molar-refractivity contribution is -0.123. The lowest BCUT2D eigenvalue weighted by atomic mass is 10.1. The molecule has 3 aromatic rings. The van der Waals surface area contributed by atoms with Gasteiger partial charge in [-0.05, 0) is 58.2 Å². The van der Waals surface area contributed by atoms with Crippen LogP contribution in [0.25, 0.3) is 0 Å². The van der Waals surface area contributed by atoms with Gasteiger partial charge in [0.2, 0.25) is 0 Å². The van der Waals surface area contributed by atoms with Crippen LogP contribution < -0.4 is 15.5 Å². The molecule has 3 aromatic carbocycles. The molecule has 0 aromatic heterocycles. The molecule has 0 unspecified atom stereocenters. The summed E-state index contributed by atoms with van der Waals surface area (Å²) in [5, 5.41) is 15.8. The highest BCUT2D eigenvalue weighted by Crippen LogP contribution is 2.26. The average Bonchev–Trinajstić information content (AvgIpc) is 2.88. The number of nitrogens with zero attached hydrogens (tertiary/aromatic N) is 2. The Morgan fingerprint density at radius 1 is 1.11 bits per heavy atom. The van der Waals surface area contributed by atoms with Crippen molar-refractivity contribution in [2.24, 2.45) is 5.10 Å². The van der Waals surface area contributed by atoms with E-state index in [-0.39, 0.29) is 19.6 Å². The molecule has 9 heteroatoms. The van der Waals surface area contributed by atoms with Crippen molar-refractivity contribution in [2.45, 2.75) is 26.0 Å². The molecule has 0 spiro atoms. The second-order valence-electron chi connectivity index (χ2n) is 7.59. The third-order valence-electron chi connectivity index (χ3n) is 5.03.